The zero-order chi connectivity index (χ0) is 10.3. The average Bonchev–Trinajstić information content (AvgIpc) is 2.82. The van der Waals surface area contributed by atoms with Crippen LogP contribution in [0.4, 0.5) is 0 Å². The van der Waals surface area contributed by atoms with Crippen LogP contribution in [0.3, 0.4) is 0 Å². The zero-order valence-electron chi connectivity index (χ0n) is 9.12. The first-order valence-electron chi connectivity index (χ1n) is 5.19. The van der Waals surface area contributed by atoms with Crippen molar-refractivity contribution in [3.8, 4) is 0 Å². The van der Waals surface area contributed by atoms with Crippen LogP contribution in [0.15, 0.2) is 0 Å². The Morgan fingerprint density at radius 3 is 2.43 bits per heavy atom. The Morgan fingerprint density at radius 1 is 1.36 bits per heavy atom. The zero-order valence-corrected chi connectivity index (χ0v) is 9.12. The molecule has 0 unspecified atom stereocenters. The Kier molecular flexibility index (Phi) is 2.10. The molecule has 0 aromatic carbocycles. The lowest BCUT2D eigenvalue weighted by Gasteiger charge is -2.24. The van der Waals surface area contributed by atoms with Crippen LogP contribution in [0.2, 0.25) is 0 Å². The highest BCUT2D eigenvalue weighted by atomic mass is 15.3. The second-order valence-corrected chi connectivity index (χ2v) is 4.96. The first-order valence-corrected chi connectivity index (χ1v) is 5.19. The van der Waals surface area contributed by atoms with Crippen molar-refractivity contribution in [2.45, 2.75) is 51.6 Å². The van der Waals surface area contributed by atoms with Crippen LogP contribution in [0.25, 0.3) is 0 Å². The molecule has 0 amide bonds. The molecule has 1 aliphatic rings. The van der Waals surface area contributed by atoms with E-state index in [-0.39, 0.29) is 5.54 Å². The number of hydrogen-bond acceptors (Lipinski definition) is 3. The van der Waals surface area contributed by atoms with E-state index in [1.165, 1.54) is 12.8 Å². The molecule has 1 saturated carbocycles. The Labute approximate surface area is 84.5 Å². The topological polar surface area (TPSA) is 56.7 Å². The summed E-state index contributed by atoms with van der Waals surface area (Å²) in [5.41, 5.74) is 5.70. The van der Waals surface area contributed by atoms with Crippen LogP contribution < -0.4 is 5.73 Å². The van der Waals surface area contributed by atoms with Gasteiger partial charge in [0, 0.05) is 11.5 Å². The summed E-state index contributed by atoms with van der Waals surface area (Å²) < 4.78 is 2.20. The standard InChI is InChI=1S/C10H18N4/c1-10(2,3)14-8(6-11)12-13-9(14)7-4-5-7/h7H,4-6,11H2,1-3H3. The van der Waals surface area contributed by atoms with Crippen molar-refractivity contribution >= 4 is 0 Å². The molecule has 0 aliphatic heterocycles. The first kappa shape index (κ1) is 9.65. The average molecular weight is 194 g/mol. The highest BCUT2D eigenvalue weighted by Gasteiger charge is 2.33. The number of aromatic nitrogens is 3. The van der Waals surface area contributed by atoms with Crippen LogP contribution in [0.5, 0.6) is 0 Å². The number of nitrogens with zero attached hydrogens (tertiary/aromatic N) is 3. The van der Waals surface area contributed by atoms with Gasteiger partial charge in [-0.1, -0.05) is 0 Å². The maximum atomic E-state index is 5.66. The van der Waals surface area contributed by atoms with Crippen molar-refractivity contribution in [1.82, 2.24) is 14.8 Å². The number of rotatable bonds is 2. The smallest absolute Gasteiger partial charge is 0.147 e. The molecule has 0 atom stereocenters. The predicted octanol–water partition coefficient (Wildman–Crippen LogP) is 1.37. The Balaban J connectivity index is 2.45. The minimum atomic E-state index is 0.0378. The molecule has 1 heterocycles. The third kappa shape index (κ3) is 1.54. The maximum absolute atomic E-state index is 5.66. The summed E-state index contributed by atoms with van der Waals surface area (Å²) in [6.07, 6.45) is 2.50. The van der Waals surface area contributed by atoms with Crippen LogP contribution in [0, 0.1) is 0 Å². The molecule has 0 bridgehead atoms. The fraction of sp³-hybridized carbons (Fsp3) is 0.800. The molecule has 14 heavy (non-hydrogen) atoms. The SMILES string of the molecule is CC(C)(C)n1c(CN)nnc1C1CC1. The van der Waals surface area contributed by atoms with Gasteiger partial charge in [-0.3, -0.25) is 0 Å². The number of nitrogens with two attached hydrogens (primary N) is 1. The molecule has 2 rings (SSSR count). The van der Waals surface area contributed by atoms with Gasteiger partial charge in [-0.2, -0.15) is 0 Å². The third-order valence-corrected chi connectivity index (χ3v) is 2.55. The monoisotopic (exact) mass is 194 g/mol. The van der Waals surface area contributed by atoms with E-state index in [1.54, 1.807) is 0 Å². The third-order valence-electron chi connectivity index (χ3n) is 2.55. The minimum Gasteiger partial charge on any atom is -0.324 e. The van der Waals surface area contributed by atoms with E-state index in [0.717, 1.165) is 11.6 Å². The molecule has 1 aliphatic carbocycles. The quantitative estimate of drug-likeness (QED) is 0.773. The van der Waals surface area contributed by atoms with Crippen LogP contribution in [-0.2, 0) is 12.1 Å². The van der Waals surface area contributed by atoms with E-state index >= 15 is 0 Å². The van der Waals surface area contributed by atoms with E-state index in [9.17, 15) is 0 Å². The summed E-state index contributed by atoms with van der Waals surface area (Å²) in [5, 5.41) is 8.40. The van der Waals surface area contributed by atoms with Gasteiger partial charge in [0.05, 0.1) is 6.54 Å². The maximum Gasteiger partial charge on any atom is 0.147 e. The van der Waals surface area contributed by atoms with Crippen LogP contribution in [-0.4, -0.2) is 14.8 Å². The lowest BCUT2D eigenvalue weighted by molar-refractivity contribution is 0.369. The first-order chi connectivity index (χ1) is 6.54. The van der Waals surface area contributed by atoms with Crippen molar-refractivity contribution in [3.05, 3.63) is 11.6 Å². The molecule has 0 spiro atoms. The largest absolute Gasteiger partial charge is 0.324 e. The highest BCUT2D eigenvalue weighted by Crippen LogP contribution is 2.40. The molecular weight excluding hydrogens is 176 g/mol. The molecule has 78 valence electrons. The van der Waals surface area contributed by atoms with E-state index in [2.05, 4.69) is 35.5 Å². The Bertz CT molecular complexity index is 330. The van der Waals surface area contributed by atoms with Crippen LogP contribution >= 0.6 is 0 Å². The lowest BCUT2D eigenvalue weighted by Crippen LogP contribution is -2.27. The summed E-state index contributed by atoms with van der Waals surface area (Å²) in [5.74, 6) is 2.65. The second kappa shape index (κ2) is 3.05. The van der Waals surface area contributed by atoms with Gasteiger partial charge < -0.3 is 10.3 Å². The molecule has 4 heteroatoms. The summed E-state index contributed by atoms with van der Waals surface area (Å²) >= 11 is 0. The minimum absolute atomic E-state index is 0.0378. The van der Waals surface area contributed by atoms with Gasteiger partial charge >= 0.3 is 0 Å². The molecule has 4 nitrogen and oxygen atoms in total. The van der Waals surface area contributed by atoms with Gasteiger partial charge in [-0.25, -0.2) is 0 Å². The second-order valence-electron chi connectivity index (χ2n) is 4.96. The van der Waals surface area contributed by atoms with Crippen molar-refractivity contribution in [2.75, 3.05) is 0 Å². The predicted molar refractivity (Wildman–Crippen MR) is 54.9 cm³/mol. The normalized spacial score (nSPS) is 17.4. The van der Waals surface area contributed by atoms with Gasteiger partial charge in [0.15, 0.2) is 0 Å². The summed E-state index contributed by atoms with van der Waals surface area (Å²) in [6.45, 7) is 6.97. The van der Waals surface area contributed by atoms with E-state index in [0.29, 0.717) is 12.5 Å². The van der Waals surface area contributed by atoms with Gasteiger partial charge in [0.2, 0.25) is 0 Å². The molecule has 1 fully saturated rings. The number of hydrogen-bond donors (Lipinski definition) is 1. The van der Waals surface area contributed by atoms with Gasteiger partial charge in [0.25, 0.3) is 0 Å². The van der Waals surface area contributed by atoms with Gasteiger partial charge in [-0.05, 0) is 33.6 Å². The molecule has 2 N–H and O–H groups in total. The van der Waals surface area contributed by atoms with Crippen LogP contribution in [0.1, 0.15) is 51.2 Å². The molecule has 1 aromatic heterocycles. The molecule has 1 aromatic rings. The Hall–Kier alpha value is -0.900. The van der Waals surface area contributed by atoms with E-state index in [4.69, 9.17) is 5.73 Å². The molecule has 0 radical (unpaired) electrons. The fourth-order valence-electron chi connectivity index (χ4n) is 1.80. The van der Waals surface area contributed by atoms with E-state index < -0.39 is 0 Å². The van der Waals surface area contributed by atoms with E-state index in [1.807, 2.05) is 0 Å². The van der Waals surface area contributed by atoms with Crippen molar-refractivity contribution in [1.29, 1.82) is 0 Å². The summed E-state index contributed by atoms with van der Waals surface area (Å²) in [6, 6.07) is 0. The molecule has 0 saturated heterocycles. The van der Waals surface area contributed by atoms with Gasteiger partial charge in [-0.15, -0.1) is 10.2 Å². The lowest BCUT2D eigenvalue weighted by atomic mass is 10.1. The van der Waals surface area contributed by atoms with Crippen molar-refractivity contribution < 1.29 is 0 Å². The fourth-order valence-corrected chi connectivity index (χ4v) is 1.80. The van der Waals surface area contributed by atoms with Gasteiger partial charge in [0.1, 0.15) is 11.6 Å². The summed E-state index contributed by atoms with van der Waals surface area (Å²) in [7, 11) is 0. The summed E-state index contributed by atoms with van der Waals surface area (Å²) in [4.78, 5) is 0. The van der Waals surface area contributed by atoms with Crippen molar-refractivity contribution in [2.24, 2.45) is 5.73 Å². The molecular formula is C10H18N4. The highest BCUT2D eigenvalue weighted by molar-refractivity contribution is 5.11. The Morgan fingerprint density at radius 2 is 2.00 bits per heavy atom. The van der Waals surface area contributed by atoms with Crippen molar-refractivity contribution in [3.63, 3.8) is 0 Å².